The molecule has 11 nitrogen and oxygen atoms in total. The lowest BCUT2D eigenvalue weighted by Crippen LogP contribution is -2.43. The molecule has 1 aliphatic carbocycles. The van der Waals surface area contributed by atoms with Crippen molar-refractivity contribution in [2.24, 2.45) is 5.41 Å². The molecule has 5 atom stereocenters. The Morgan fingerprint density at radius 2 is 2.30 bits per heavy atom. The number of ether oxygens (including phenoxy) is 1. The molecule has 3 rings (SSSR count). The van der Waals surface area contributed by atoms with Gasteiger partial charge in [0.05, 0.1) is 18.1 Å². The summed E-state index contributed by atoms with van der Waals surface area (Å²) >= 11 is 0. The highest BCUT2D eigenvalue weighted by Gasteiger charge is 2.71. The molecule has 2 unspecified atom stereocenters. The van der Waals surface area contributed by atoms with Crippen molar-refractivity contribution in [2.45, 2.75) is 31.0 Å². The quantitative estimate of drug-likeness (QED) is 0.371. The minimum atomic E-state index is -4.89. The summed E-state index contributed by atoms with van der Waals surface area (Å²) in [7, 11) is -4.89. The first-order valence-corrected chi connectivity index (χ1v) is 8.24. The molecule has 23 heavy (non-hydrogen) atoms. The van der Waals surface area contributed by atoms with Crippen LogP contribution in [0.15, 0.2) is 17.1 Å². The maximum atomic E-state index is 11.8. The van der Waals surface area contributed by atoms with Crippen molar-refractivity contribution in [2.75, 3.05) is 12.3 Å². The van der Waals surface area contributed by atoms with Gasteiger partial charge in [0, 0.05) is 6.20 Å². The molecule has 0 amide bonds. The number of hydrogen-bond donors (Lipinski definition) is 5. The average molecular weight is 349 g/mol. The standard InChI is InChI=1S/C11H16N3O8P/c12-6-1-2-14(10(17)13-6)9(16)7-8(22-23(18,19)20)11(4-15)3-5(11)21-7/h1-2,5,7-9,15-16H,3-4H2,(H2,12,13,17)(H2,18,19,20)/t5-,7?,8?,9-,11-/m1/s1. The second kappa shape index (κ2) is 5.35. The SMILES string of the molecule is Nc1ccn([C@H](O)C2O[C@@H]3C[C@]3(CO)C2OP(=O)(O)O)c(=O)n1. The van der Waals surface area contributed by atoms with E-state index in [-0.39, 0.29) is 5.82 Å². The van der Waals surface area contributed by atoms with Gasteiger partial charge in [-0.3, -0.25) is 9.09 Å². The van der Waals surface area contributed by atoms with Crippen LogP contribution in [-0.4, -0.2) is 54.5 Å². The molecular formula is C11H16N3O8P. The summed E-state index contributed by atoms with van der Waals surface area (Å²) in [6.07, 6.45) is -3.13. The van der Waals surface area contributed by atoms with Crippen LogP contribution in [0, 0.1) is 5.41 Å². The summed E-state index contributed by atoms with van der Waals surface area (Å²) in [6.45, 7) is -0.430. The molecule has 1 aromatic heterocycles. The van der Waals surface area contributed by atoms with E-state index in [2.05, 4.69) is 4.98 Å². The third kappa shape index (κ3) is 2.81. The summed E-state index contributed by atoms with van der Waals surface area (Å²) in [5.41, 5.74) is 3.51. The topological polar surface area (TPSA) is 177 Å². The molecule has 1 aliphatic heterocycles. The highest BCUT2D eigenvalue weighted by Crippen LogP contribution is 2.62. The fourth-order valence-electron chi connectivity index (χ4n) is 2.94. The van der Waals surface area contributed by atoms with Gasteiger partial charge in [-0.05, 0) is 12.5 Å². The number of fused-ring (bicyclic) bond motifs is 1. The van der Waals surface area contributed by atoms with Crippen LogP contribution in [0.25, 0.3) is 0 Å². The molecule has 2 fully saturated rings. The van der Waals surface area contributed by atoms with Crippen molar-refractivity contribution in [1.29, 1.82) is 0 Å². The Bertz CT molecular complexity index is 715. The van der Waals surface area contributed by atoms with Gasteiger partial charge in [0.15, 0.2) is 6.23 Å². The molecule has 0 aromatic carbocycles. The lowest BCUT2D eigenvalue weighted by molar-refractivity contribution is -0.105. The molecule has 0 spiro atoms. The Balaban J connectivity index is 1.91. The number of phosphoric ester groups is 1. The largest absolute Gasteiger partial charge is 0.469 e. The first-order valence-electron chi connectivity index (χ1n) is 6.71. The molecule has 1 aromatic rings. The second-order valence-electron chi connectivity index (χ2n) is 5.66. The highest BCUT2D eigenvalue weighted by atomic mass is 31.2. The van der Waals surface area contributed by atoms with Gasteiger partial charge < -0.3 is 30.5 Å². The molecule has 12 heteroatoms. The number of nitrogens with two attached hydrogens (primary N) is 1. The zero-order valence-electron chi connectivity index (χ0n) is 11.7. The lowest BCUT2D eigenvalue weighted by atomic mass is 9.96. The van der Waals surface area contributed by atoms with E-state index >= 15 is 0 Å². The zero-order valence-corrected chi connectivity index (χ0v) is 12.6. The van der Waals surface area contributed by atoms with E-state index in [9.17, 15) is 19.6 Å². The molecule has 1 saturated carbocycles. The summed E-state index contributed by atoms with van der Waals surface area (Å²) in [5.74, 6) is -0.0384. The Hall–Kier alpha value is -1.33. The van der Waals surface area contributed by atoms with Gasteiger partial charge in [-0.2, -0.15) is 4.98 Å². The van der Waals surface area contributed by atoms with E-state index in [1.54, 1.807) is 0 Å². The third-order valence-corrected chi connectivity index (χ3v) is 4.71. The van der Waals surface area contributed by atoms with Crippen LogP contribution in [0.3, 0.4) is 0 Å². The van der Waals surface area contributed by atoms with Crippen LogP contribution >= 0.6 is 7.82 Å². The number of rotatable bonds is 5. The number of hydrogen-bond acceptors (Lipinski definition) is 8. The summed E-state index contributed by atoms with van der Waals surface area (Å²) in [4.78, 5) is 33.4. The summed E-state index contributed by atoms with van der Waals surface area (Å²) < 4.78 is 22.2. The number of aromatic nitrogens is 2. The maximum Gasteiger partial charge on any atom is 0.469 e. The second-order valence-corrected chi connectivity index (χ2v) is 6.85. The molecule has 1 saturated heterocycles. The molecule has 128 valence electrons. The molecule has 0 radical (unpaired) electrons. The number of nitrogens with zero attached hydrogens (tertiary/aromatic N) is 2. The number of aliphatic hydroxyl groups is 2. The third-order valence-electron chi connectivity index (χ3n) is 4.21. The van der Waals surface area contributed by atoms with Gasteiger partial charge in [-0.1, -0.05) is 0 Å². The van der Waals surface area contributed by atoms with Gasteiger partial charge in [-0.15, -0.1) is 0 Å². The van der Waals surface area contributed by atoms with Gasteiger partial charge in [0.1, 0.15) is 18.0 Å². The predicted molar refractivity (Wildman–Crippen MR) is 73.9 cm³/mol. The van der Waals surface area contributed by atoms with Crippen LogP contribution < -0.4 is 11.4 Å². The monoisotopic (exact) mass is 349 g/mol. The van der Waals surface area contributed by atoms with Crippen LogP contribution in [0.1, 0.15) is 12.6 Å². The summed E-state index contributed by atoms with van der Waals surface area (Å²) in [5, 5.41) is 19.9. The smallest absolute Gasteiger partial charge is 0.396 e. The number of aliphatic hydroxyl groups excluding tert-OH is 2. The van der Waals surface area contributed by atoms with Crippen LogP contribution in [0.2, 0.25) is 0 Å². The molecular weight excluding hydrogens is 333 g/mol. The fraction of sp³-hybridized carbons (Fsp3) is 0.636. The van der Waals surface area contributed by atoms with Crippen LogP contribution in [0.5, 0.6) is 0 Å². The van der Waals surface area contributed by atoms with Crippen molar-refractivity contribution in [3.8, 4) is 0 Å². The normalized spacial score (nSPS) is 34.2. The van der Waals surface area contributed by atoms with E-state index in [0.717, 1.165) is 4.57 Å². The van der Waals surface area contributed by atoms with Crippen molar-refractivity contribution in [3.05, 3.63) is 22.7 Å². The first kappa shape index (κ1) is 16.5. The van der Waals surface area contributed by atoms with E-state index in [1.165, 1.54) is 12.3 Å². The van der Waals surface area contributed by atoms with E-state index in [1.807, 2.05) is 0 Å². The summed E-state index contributed by atoms with van der Waals surface area (Å²) in [6, 6.07) is 1.28. The Morgan fingerprint density at radius 1 is 1.61 bits per heavy atom. The van der Waals surface area contributed by atoms with Crippen molar-refractivity contribution >= 4 is 13.6 Å². The Morgan fingerprint density at radius 3 is 2.87 bits per heavy atom. The van der Waals surface area contributed by atoms with Crippen LogP contribution in [-0.2, 0) is 13.8 Å². The van der Waals surface area contributed by atoms with Crippen molar-refractivity contribution in [3.63, 3.8) is 0 Å². The van der Waals surface area contributed by atoms with Gasteiger partial charge >= 0.3 is 13.5 Å². The molecule has 2 aliphatic rings. The minimum absolute atomic E-state index is 0.0384. The van der Waals surface area contributed by atoms with Gasteiger partial charge in [0.2, 0.25) is 0 Å². The molecule has 6 N–H and O–H groups in total. The van der Waals surface area contributed by atoms with E-state index < -0.39 is 50.1 Å². The number of nitrogen functional groups attached to an aromatic ring is 1. The Kier molecular flexibility index (Phi) is 3.84. The number of phosphoric acid groups is 1. The maximum absolute atomic E-state index is 11.8. The van der Waals surface area contributed by atoms with Gasteiger partial charge in [-0.25, -0.2) is 9.36 Å². The molecule has 0 bridgehead atoms. The van der Waals surface area contributed by atoms with Crippen molar-refractivity contribution in [1.82, 2.24) is 9.55 Å². The first-order chi connectivity index (χ1) is 10.7. The predicted octanol–water partition coefficient (Wildman–Crippen LogP) is -2.06. The van der Waals surface area contributed by atoms with E-state index in [4.69, 9.17) is 24.8 Å². The van der Waals surface area contributed by atoms with Gasteiger partial charge in [0.25, 0.3) is 0 Å². The molecule has 2 heterocycles. The lowest BCUT2D eigenvalue weighted by Gasteiger charge is -2.30. The minimum Gasteiger partial charge on any atom is -0.396 e. The number of anilines is 1. The van der Waals surface area contributed by atoms with Crippen LogP contribution in [0.4, 0.5) is 5.82 Å². The van der Waals surface area contributed by atoms with Crippen molar-refractivity contribution < 1.29 is 33.8 Å². The Labute approximate surface area is 129 Å². The zero-order chi connectivity index (χ0) is 17.0. The highest BCUT2D eigenvalue weighted by molar-refractivity contribution is 7.46. The fourth-order valence-corrected chi connectivity index (χ4v) is 3.56. The van der Waals surface area contributed by atoms with E-state index in [0.29, 0.717) is 6.42 Å². The average Bonchev–Trinajstić information content (AvgIpc) is 3.08.